The van der Waals surface area contributed by atoms with E-state index in [2.05, 4.69) is 33.4 Å². The van der Waals surface area contributed by atoms with Crippen molar-refractivity contribution < 1.29 is 0 Å². The fourth-order valence-electron chi connectivity index (χ4n) is 1.95. The average molecular weight is 244 g/mol. The molecule has 0 fully saturated rings. The van der Waals surface area contributed by atoms with Crippen molar-refractivity contribution in [2.24, 2.45) is 7.05 Å². The number of aromatic amines is 1. The Morgan fingerprint density at radius 2 is 2.39 bits per heavy atom. The standard InChI is InChI=1S/C12H16N6/c1-4-10(11-14-5-6-15-11)16-12-9(7-13)8(2)17-18(12)3/h5-6,10,16H,4H2,1-3H3,(H,14,15). The molecule has 0 amide bonds. The molecule has 0 saturated carbocycles. The fourth-order valence-corrected chi connectivity index (χ4v) is 1.95. The lowest BCUT2D eigenvalue weighted by atomic mass is 10.2. The molecule has 2 heterocycles. The lowest BCUT2D eigenvalue weighted by Crippen LogP contribution is -2.14. The van der Waals surface area contributed by atoms with Crippen LogP contribution in [-0.2, 0) is 7.05 Å². The SMILES string of the molecule is CCC(Nc1c(C#N)c(C)nn1C)c1ncc[nH]1. The van der Waals surface area contributed by atoms with Crippen molar-refractivity contribution in [3.8, 4) is 6.07 Å². The van der Waals surface area contributed by atoms with Gasteiger partial charge in [0.05, 0.1) is 11.7 Å². The van der Waals surface area contributed by atoms with Gasteiger partial charge in [-0.2, -0.15) is 10.4 Å². The molecule has 2 rings (SSSR count). The average Bonchev–Trinajstić information content (AvgIpc) is 2.95. The Balaban J connectivity index is 2.31. The number of nitrogens with zero attached hydrogens (tertiary/aromatic N) is 4. The summed E-state index contributed by atoms with van der Waals surface area (Å²) in [5.74, 6) is 1.60. The summed E-state index contributed by atoms with van der Waals surface area (Å²) in [6.45, 7) is 3.90. The van der Waals surface area contributed by atoms with Gasteiger partial charge in [-0.3, -0.25) is 4.68 Å². The Bertz CT molecular complexity index is 560. The number of aromatic nitrogens is 4. The van der Waals surface area contributed by atoms with E-state index in [0.717, 1.165) is 23.8 Å². The Morgan fingerprint density at radius 1 is 1.61 bits per heavy atom. The van der Waals surface area contributed by atoms with Crippen LogP contribution in [0.15, 0.2) is 12.4 Å². The monoisotopic (exact) mass is 244 g/mol. The predicted octanol–water partition coefficient (Wildman–Crippen LogP) is 1.89. The molecule has 0 aliphatic rings. The van der Waals surface area contributed by atoms with E-state index < -0.39 is 0 Å². The smallest absolute Gasteiger partial charge is 0.142 e. The molecule has 0 radical (unpaired) electrons. The van der Waals surface area contributed by atoms with Gasteiger partial charge in [0.15, 0.2) is 0 Å². The molecule has 94 valence electrons. The molecular weight excluding hydrogens is 228 g/mol. The van der Waals surface area contributed by atoms with Crippen molar-refractivity contribution in [2.75, 3.05) is 5.32 Å². The highest BCUT2D eigenvalue weighted by molar-refractivity contribution is 5.55. The quantitative estimate of drug-likeness (QED) is 0.860. The van der Waals surface area contributed by atoms with E-state index in [1.54, 1.807) is 17.1 Å². The molecule has 0 saturated heterocycles. The van der Waals surface area contributed by atoms with E-state index in [9.17, 15) is 0 Å². The lowest BCUT2D eigenvalue weighted by molar-refractivity contribution is 0.677. The minimum atomic E-state index is 0.0434. The third kappa shape index (κ3) is 2.07. The molecule has 18 heavy (non-hydrogen) atoms. The van der Waals surface area contributed by atoms with Crippen molar-refractivity contribution in [1.82, 2.24) is 19.7 Å². The second-order valence-electron chi connectivity index (χ2n) is 4.12. The van der Waals surface area contributed by atoms with Crippen molar-refractivity contribution >= 4 is 5.82 Å². The van der Waals surface area contributed by atoms with Gasteiger partial charge in [-0.05, 0) is 13.3 Å². The topological polar surface area (TPSA) is 82.3 Å². The van der Waals surface area contributed by atoms with Crippen molar-refractivity contribution in [3.05, 3.63) is 29.5 Å². The van der Waals surface area contributed by atoms with Gasteiger partial charge in [-0.1, -0.05) is 6.92 Å². The summed E-state index contributed by atoms with van der Waals surface area (Å²) >= 11 is 0. The number of anilines is 1. The largest absolute Gasteiger partial charge is 0.359 e. The van der Waals surface area contributed by atoms with Crippen LogP contribution in [-0.4, -0.2) is 19.7 Å². The van der Waals surface area contributed by atoms with Gasteiger partial charge in [0.1, 0.15) is 23.3 Å². The zero-order valence-corrected chi connectivity index (χ0v) is 10.7. The third-order valence-corrected chi connectivity index (χ3v) is 2.90. The first-order chi connectivity index (χ1) is 8.67. The normalized spacial score (nSPS) is 12.1. The van der Waals surface area contributed by atoms with Gasteiger partial charge in [0.25, 0.3) is 0 Å². The summed E-state index contributed by atoms with van der Waals surface area (Å²) in [7, 11) is 1.82. The maximum atomic E-state index is 9.16. The molecule has 0 aromatic carbocycles. The minimum absolute atomic E-state index is 0.0434. The maximum absolute atomic E-state index is 9.16. The van der Waals surface area contributed by atoms with Crippen LogP contribution >= 0.6 is 0 Å². The molecule has 1 atom stereocenters. The van der Waals surface area contributed by atoms with Gasteiger partial charge in [-0.25, -0.2) is 4.98 Å². The molecule has 2 aromatic rings. The molecule has 2 aromatic heterocycles. The van der Waals surface area contributed by atoms with Crippen LogP contribution in [0.1, 0.15) is 36.5 Å². The van der Waals surface area contributed by atoms with Crippen molar-refractivity contribution in [3.63, 3.8) is 0 Å². The van der Waals surface area contributed by atoms with E-state index in [1.165, 1.54) is 0 Å². The molecule has 2 N–H and O–H groups in total. The van der Waals surface area contributed by atoms with Crippen molar-refractivity contribution in [1.29, 1.82) is 5.26 Å². The van der Waals surface area contributed by atoms with Gasteiger partial charge < -0.3 is 10.3 Å². The molecule has 1 unspecified atom stereocenters. The number of nitrogens with one attached hydrogen (secondary N) is 2. The van der Waals surface area contributed by atoms with Crippen LogP contribution < -0.4 is 5.32 Å². The molecular formula is C12H16N6. The highest BCUT2D eigenvalue weighted by atomic mass is 15.3. The minimum Gasteiger partial charge on any atom is -0.359 e. The van der Waals surface area contributed by atoms with E-state index in [4.69, 9.17) is 5.26 Å². The second kappa shape index (κ2) is 4.92. The van der Waals surface area contributed by atoms with E-state index in [0.29, 0.717) is 5.56 Å². The van der Waals surface area contributed by atoms with Crippen LogP contribution in [0.3, 0.4) is 0 Å². The Kier molecular flexibility index (Phi) is 3.33. The number of imidazole rings is 1. The summed E-state index contributed by atoms with van der Waals surface area (Å²) < 4.78 is 1.69. The molecule has 0 aliphatic heterocycles. The first-order valence-corrected chi connectivity index (χ1v) is 5.86. The first kappa shape index (κ1) is 12.2. The van der Waals surface area contributed by atoms with Crippen LogP contribution in [0.5, 0.6) is 0 Å². The molecule has 6 heteroatoms. The van der Waals surface area contributed by atoms with Crippen LogP contribution in [0, 0.1) is 18.3 Å². The maximum Gasteiger partial charge on any atom is 0.142 e. The van der Waals surface area contributed by atoms with Crippen molar-refractivity contribution in [2.45, 2.75) is 26.3 Å². The number of hydrogen-bond donors (Lipinski definition) is 2. The fraction of sp³-hybridized carbons (Fsp3) is 0.417. The number of H-pyrrole nitrogens is 1. The number of nitriles is 1. The first-order valence-electron chi connectivity index (χ1n) is 5.86. The highest BCUT2D eigenvalue weighted by Crippen LogP contribution is 2.24. The molecule has 0 spiro atoms. The zero-order valence-electron chi connectivity index (χ0n) is 10.7. The summed E-state index contributed by atoms with van der Waals surface area (Å²) in [4.78, 5) is 7.33. The van der Waals surface area contributed by atoms with Gasteiger partial charge in [0.2, 0.25) is 0 Å². The van der Waals surface area contributed by atoms with Gasteiger partial charge in [-0.15, -0.1) is 0 Å². The Morgan fingerprint density at radius 3 is 2.94 bits per heavy atom. The lowest BCUT2D eigenvalue weighted by Gasteiger charge is -2.16. The van der Waals surface area contributed by atoms with E-state index in [1.807, 2.05) is 14.0 Å². The Labute approximate surface area is 106 Å². The van der Waals surface area contributed by atoms with E-state index in [-0.39, 0.29) is 6.04 Å². The highest BCUT2D eigenvalue weighted by Gasteiger charge is 2.18. The summed E-state index contributed by atoms with van der Waals surface area (Å²) in [5, 5.41) is 16.7. The number of rotatable bonds is 4. The summed E-state index contributed by atoms with van der Waals surface area (Å²) in [5.41, 5.74) is 1.32. The second-order valence-corrected chi connectivity index (χ2v) is 4.12. The summed E-state index contributed by atoms with van der Waals surface area (Å²) in [6.07, 6.45) is 4.38. The van der Waals surface area contributed by atoms with E-state index >= 15 is 0 Å². The predicted molar refractivity (Wildman–Crippen MR) is 67.9 cm³/mol. The zero-order chi connectivity index (χ0) is 13.1. The van der Waals surface area contributed by atoms with Crippen LogP contribution in [0.4, 0.5) is 5.82 Å². The third-order valence-electron chi connectivity index (χ3n) is 2.90. The van der Waals surface area contributed by atoms with Gasteiger partial charge in [0, 0.05) is 19.4 Å². The molecule has 0 aliphatic carbocycles. The molecule has 0 bridgehead atoms. The number of hydrogen-bond acceptors (Lipinski definition) is 4. The van der Waals surface area contributed by atoms with Gasteiger partial charge >= 0.3 is 0 Å². The summed E-state index contributed by atoms with van der Waals surface area (Å²) in [6, 6.07) is 2.23. The van der Waals surface area contributed by atoms with Crippen LogP contribution in [0.2, 0.25) is 0 Å². The van der Waals surface area contributed by atoms with Crippen LogP contribution in [0.25, 0.3) is 0 Å². The number of aryl methyl sites for hydroxylation is 2. The Hall–Kier alpha value is -2.29. The molecule has 6 nitrogen and oxygen atoms in total.